The average Bonchev–Trinajstić information content (AvgIpc) is 2.49. The maximum Gasteiger partial charge on any atom is 0.129 e. The van der Waals surface area contributed by atoms with Crippen molar-refractivity contribution < 1.29 is 4.74 Å². The minimum absolute atomic E-state index is 0.550. The first-order valence-corrected chi connectivity index (χ1v) is 7.63. The molecule has 1 aromatic heterocycles. The summed E-state index contributed by atoms with van der Waals surface area (Å²) in [5.74, 6) is 0. The summed E-state index contributed by atoms with van der Waals surface area (Å²) in [6, 6.07) is 4.46. The highest BCUT2D eigenvalue weighted by Gasteiger charge is 2.16. The quantitative estimate of drug-likeness (QED) is 0.799. The minimum atomic E-state index is 0.550. The first-order valence-electron chi connectivity index (χ1n) is 7.25. The Morgan fingerprint density at radius 3 is 2.80 bits per heavy atom. The summed E-state index contributed by atoms with van der Waals surface area (Å²) in [6.45, 7) is 5.97. The van der Waals surface area contributed by atoms with Gasteiger partial charge >= 0.3 is 0 Å². The number of rotatable bonds is 3. The van der Waals surface area contributed by atoms with Crippen molar-refractivity contribution in [2.24, 2.45) is 0 Å². The van der Waals surface area contributed by atoms with E-state index in [0.717, 1.165) is 43.0 Å². The van der Waals surface area contributed by atoms with Crippen LogP contribution in [0, 0.1) is 0 Å². The Kier molecular flexibility index (Phi) is 5.44. The molecule has 1 saturated heterocycles. The Morgan fingerprint density at radius 2 is 2.15 bits per heavy atom. The molecule has 0 atom stereocenters. The molecule has 2 rings (SSSR count). The van der Waals surface area contributed by atoms with Gasteiger partial charge in [-0.3, -0.25) is 0 Å². The second-order valence-corrected chi connectivity index (χ2v) is 5.73. The van der Waals surface area contributed by atoms with Gasteiger partial charge in [-0.15, -0.1) is 0 Å². The third-order valence-corrected chi connectivity index (χ3v) is 4.15. The van der Waals surface area contributed by atoms with Gasteiger partial charge in [-0.25, -0.2) is 4.98 Å². The van der Waals surface area contributed by atoms with Crippen LogP contribution in [0.2, 0.25) is 5.15 Å². The van der Waals surface area contributed by atoms with Crippen molar-refractivity contribution >= 4 is 23.4 Å². The number of hydrogen-bond acceptors (Lipinski definition) is 3. The fourth-order valence-electron chi connectivity index (χ4n) is 2.48. The second kappa shape index (κ2) is 7.09. The van der Waals surface area contributed by atoms with E-state index >= 15 is 0 Å². The molecule has 0 saturated carbocycles. The van der Waals surface area contributed by atoms with Crippen LogP contribution in [0.5, 0.6) is 0 Å². The molecule has 1 aliphatic heterocycles. The monoisotopic (exact) mass is 294 g/mol. The normalized spacial score (nSPS) is 19.1. The van der Waals surface area contributed by atoms with Gasteiger partial charge in [-0.05, 0) is 43.9 Å². The lowest BCUT2D eigenvalue weighted by atomic mass is 10.1. The number of halogens is 1. The van der Waals surface area contributed by atoms with E-state index in [1.54, 1.807) is 0 Å². The first-order chi connectivity index (χ1) is 9.61. The predicted molar refractivity (Wildman–Crippen MR) is 83.9 cm³/mol. The largest absolute Gasteiger partial charge is 0.381 e. The number of aromatic nitrogens is 1. The van der Waals surface area contributed by atoms with Crippen molar-refractivity contribution in [3.05, 3.63) is 27.9 Å². The number of ether oxygens (including phenoxy) is 1. The summed E-state index contributed by atoms with van der Waals surface area (Å²) < 4.78 is 5.42. The average molecular weight is 295 g/mol. The molecule has 1 fully saturated rings. The van der Waals surface area contributed by atoms with Crippen LogP contribution in [-0.4, -0.2) is 36.2 Å². The van der Waals surface area contributed by atoms with Gasteiger partial charge in [0.15, 0.2) is 0 Å². The summed E-state index contributed by atoms with van der Waals surface area (Å²) in [4.78, 5) is 6.78. The van der Waals surface area contributed by atoms with Crippen molar-refractivity contribution in [3.8, 4) is 0 Å². The van der Waals surface area contributed by atoms with Crippen molar-refractivity contribution in [1.82, 2.24) is 9.88 Å². The van der Waals surface area contributed by atoms with Crippen LogP contribution in [-0.2, 0) is 4.74 Å². The lowest BCUT2D eigenvalue weighted by Crippen LogP contribution is -2.38. The SMILES string of the molecule is CC/C(C)=c1\nc(Cl)cc\c1=C\N(C)C1CCOCC1. The van der Waals surface area contributed by atoms with E-state index in [1.165, 1.54) is 5.57 Å². The van der Waals surface area contributed by atoms with Gasteiger partial charge in [0.25, 0.3) is 0 Å². The molecule has 0 unspecified atom stereocenters. The molecular weight excluding hydrogens is 272 g/mol. The van der Waals surface area contributed by atoms with Crippen LogP contribution >= 0.6 is 11.6 Å². The summed E-state index contributed by atoms with van der Waals surface area (Å²) >= 11 is 6.03. The summed E-state index contributed by atoms with van der Waals surface area (Å²) in [7, 11) is 2.13. The maximum absolute atomic E-state index is 6.03. The highest BCUT2D eigenvalue weighted by Crippen LogP contribution is 2.12. The van der Waals surface area contributed by atoms with E-state index in [0.29, 0.717) is 11.2 Å². The van der Waals surface area contributed by atoms with Gasteiger partial charge in [0.1, 0.15) is 5.15 Å². The van der Waals surface area contributed by atoms with Crippen molar-refractivity contribution in [3.63, 3.8) is 0 Å². The third-order valence-electron chi connectivity index (χ3n) is 3.94. The van der Waals surface area contributed by atoms with Gasteiger partial charge in [0.05, 0.1) is 5.35 Å². The Labute approximate surface area is 125 Å². The molecule has 1 aromatic rings. The van der Waals surface area contributed by atoms with Gasteiger partial charge in [-0.1, -0.05) is 18.5 Å². The van der Waals surface area contributed by atoms with Gasteiger partial charge in [-0.2, -0.15) is 0 Å². The summed E-state index contributed by atoms with van der Waals surface area (Å²) in [5.41, 5.74) is 1.26. The van der Waals surface area contributed by atoms with E-state index in [-0.39, 0.29) is 0 Å². The molecule has 0 N–H and O–H groups in total. The van der Waals surface area contributed by atoms with Crippen LogP contribution in [0.4, 0.5) is 0 Å². The molecule has 1 aliphatic rings. The van der Waals surface area contributed by atoms with E-state index in [4.69, 9.17) is 16.3 Å². The van der Waals surface area contributed by atoms with Gasteiger partial charge in [0, 0.05) is 37.7 Å². The highest BCUT2D eigenvalue weighted by molar-refractivity contribution is 6.29. The predicted octanol–water partition coefficient (Wildman–Crippen LogP) is 2.16. The zero-order chi connectivity index (χ0) is 14.5. The van der Waals surface area contributed by atoms with Crippen LogP contribution in [0.3, 0.4) is 0 Å². The van der Waals surface area contributed by atoms with Crippen LogP contribution in [0.15, 0.2) is 12.1 Å². The van der Waals surface area contributed by atoms with Crippen molar-refractivity contribution in [2.45, 2.75) is 39.2 Å². The molecule has 0 aliphatic carbocycles. The van der Waals surface area contributed by atoms with Gasteiger partial charge in [0.2, 0.25) is 0 Å². The smallest absolute Gasteiger partial charge is 0.129 e. The second-order valence-electron chi connectivity index (χ2n) is 5.34. The fraction of sp³-hybridized carbons (Fsp3) is 0.562. The van der Waals surface area contributed by atoms with Crippen LogP contribution in [0.1, 0.15) is 33.1 Å². The van der Waals surface area contributed by atoms with Gasteiger partial charge < -0.3 is 9.64 Å². The molecule has 0 spiro atoms. The molecule has 0 amide bonds. The molecule has 4 heteroatoms. The molecular formula is C16H23ClN2O. The van der Waals surface area contributed by atoms with E-state index in [2.05, 4.69) is 43.0 Å². The number of nitrogens with zero attached hydrogens (tertiary/aromatic N) is 2. The molecule has 2 heterocycles. The Balaban J connectivity index is 2.38. The van der Waals surface area contributed by atoms with Crippen molar-refractivity contribution in [2.75, 3.05) is 20.3 Å². The lowest BCUT2D eigenvalue weighted by Gasteiger charge is -2.30. The molecule has 0 radical (unpaired) electrons. The van der Waals surface area contributed by atoms with Crippen LogP contribution < -0.4 is 10.6 Å². The zero-order valence-electron chi connectivity index (χ0n) is 12.5. The number of pyridine rings is 1. The molecule has 0 aromatic carbocycles. The third kappa shape index (κ3) is 3.74. The summed E-state index contributed by atoms with van der Waals surface area (Å²) in [5, 5.41) is 2.71. The Bertz CT molecular complexity index is 564. The molecule has 20 heavy (non-hydrogen) atoms. The Hall–Kier alpha value is -1.06. The molecule has 0 bridgehead atoms. The first kappa shape index (κ1) is 15.3. The summed E-state index contributed by atoms with van der Waals surface area (Å²) in [6.07, 6.45) is 5.34. The number of hydrogen-bond donors (Lipinski definition) is 0. The van der Waals surface area contributed by atoms with E-state index < -0.39 is 0 Å². The minimum Gasteiger partial charge on any atom is -0.381 e. The topological polar surface area (TPSA) is 25.4 Å². The Morgan fingerprint density at radius 1 is 1.45 bits per heavy atom. The van der Waals surface area contributed by atoms with Crippen LogP contribution in [0.25, 0.3) is 11.8 Å². The van der Waals surface area contributed by atoms with E-state index in [1.807, 2.05) is 6.07 Å². The van der Waals surface area contributed by atoms with Crippen molar-refractivity contribution in [1.29, 1.82) is 0 Å². The lowest BCUT2D eigenvalue weighted by molar-refractivity contribution is 0.0595. The maximum atomic E-state index is 6.03. The fourth-order valence-corrected chi connectivity index (χ4v) is 2.62. The molecule has 110 valence electrons. The highest BCUT2D eigenvalue weighted by atomic mass is 35.5. The zero-order valence-corrected chi connectivity index (χ0v) is 13.3. The molecule has 3 nitrogen and oxygen atoms in total. The van der Waals surface area contributed by atoms with E-state index in [9.17, 15) is 0 Å². The standard InChI is InChI=1S/C16H23ClN2O/c1-4-12(2)16-13(5-6-15(17)18-16)11-19(3)14-7-9-20-10-8-14/h5-6,11,14H,4,7-10H2,1-3H3/b13-11-,16-12-.